The lowest BCUT2D eigenvalue weighted by Gasteiger charge is -2.40. The molecule has 3 aliphatic rings. The highest BCUT2D eigenvalue weighted by Gasteiger charge is 2.52. The monoisotopic (exact) mass is 748 g/mol. The van der Waals surface area contributed by atoms with Crippen molar-refractivity contribution in [1.29, 1.82) is 0 Å². The molecule has 59 heavy (non-hydrogen) atoms. The van der Waals surface area contributed by atoms with E-state index >= 15 is 0 Å². The molecule has 1 spiro atoms. The van der Waals surface area contributed by atoms with E-state index in [0.29, 0.717) is 0 Å². The lowest BCUT2D eigenvalue weighted by Crippen LogP contribution is -2.32. The van der Waals surface area contributed by atoms with E-state index in [1.54, 1.807) is 0 Å². The summed E-state index contributed by atoms with van der Waals surface area (Å²) in [6.45, 7) is 0. The summed E-state index contributed by atoms with van der Waals surface area (Å²) in [4.78, 5) is 0. The summed E-state index contributed by atoms with van der Waals surface area (Å²) in [5, 5.41) is 4.94. The second-order valence-corrected chi connectivity index (χ2v) is 16.3. The highest BCUT2D eigenvalue weighted by atomic mass is 16.5. The van der Waals surface area contributed by atoms with Crippen LogP contribution in [0.3, 0.4) is 0 Å². The van der Waals surface area contributed by atoms with Crippen molar-refractivity contribution >= 4 is 21.5 Å². The van der Waals surface area contributed by atoms with E-state index in [2.05, 4.69) is 218 Å². The zero-order chi connectivity index (χ0) is 38.7. The molecule has 10 aromatic rings. The number of ether oxygens (including phenoxy) is 1. The van der Waals surface area contributed by atoms with Crippen LogP contribution in [0.2, 0.25) is 0 Å². The predicted octanol–water partition coefficient (Wildman–Crippen LogP) is 14.5. The maximum atomic E-state index is 6.94. The minimum absolute atomic E-state index is 0.481. The van der Waals surface area contributed by atoms with Gasteiger partial charge >= 0.3 is 0 Å². The van der Waals surface area contributed by atoms with Gasteiger partial charge in [0.2, 0.25) is 0 Å². The Bertz CT molecular complexity index is 3310. The van der Waals surface area contributed by atoms with Crippen molar-refractivity contribution < 1.29 is 4.74 Å². The summed E-state index contributed by atoms with van der Waals surface area (Å²) in [5.41, 5.74) is 16.6. The van der Waals surface area contributed by atoms with Crippen molar-refractivity contribution in [2.24, 2.45) is 0 Å². The first-order chi connectivity index (χ1) is 29.2. The third-order valence-corrected chi connectivity index (χ3v) is 13.6. The van der Waals surface area contributed by atoms with Crippen LogP contribution in [0.5, 0.6) is 11.5 Å². The van der Waals surface area contributed by atoms with E-state index < -0.39 is 10.8 Å². The van der Waals surface area contributed by atoms with Gasteiger partial charge in [-0.3, -0.25) is 0 Å². The fourth-order valence-electron chi connectivity index (χ4n) is 11.2. The molecule has 1 heterocycles. The Morgan fingerprint density at radius 1 is 0.288 bits per heavy atom. The fourth-order valence-corrected chi connectivity index (χ4v) is 11.2. The number of hydrogen-bond donors (Lipinski definition) is 0. The molecule has 1 aliphatic heterocycles. The van der Waals surface area contributed by atoms with Crippen molar-refractivity contribution in [3.8, 4) is 44.9 Å². The molecule has 0 N–H and O–H groups in total. The normalized spacial score (nSPS) is 16.1. The van der Waals surface area contributed by atoms with Gasteiger partial charge < -0.3 is 4.74 Å². The summed E-state index contributed by atoms with van der Waals surface area (Å²) in [7, 11) is 0. The second-order valence-electron chi connectivity index (χ2n) is 16.3. The van der Waals surface area contributed by atoms with E-state index in [1.165, 1.54) is 93.9 Å². The molecular weight excluding hydrogens is 713 g/mol. The summed E-state index contributed by atoms with van der Waals surface area (Å²) >= 11 is 0. The number of hydrogen-bond acceptors (Lipinski definition) is 1. The Morgan fingerprint density at radius 3 is 1.53 bits per heavy atom. The molecular formula is C58H36O. The van der Waals surface area contributed by atoms with Gasteiger partial charge in [0.15, 0.2) is 0 Å². The average molecular weight is 749 g/mol. The van der Waals surface area contributed by atoms with Gasteiger partial charge in [0.1, 0.15) is 11.5 Å². The van der Waals surface area contributed by atoms with Crippen molar-refractivity contribution in [2.45, 2.75) is 10.8 Å². The van der Waals surface area contributed by atoms with Gasteiger partial charge in [-0.25, -0.2) is 0 Å². The molecule has 13 rings (SSSR count). The first kappa shape index (κ1) is 32.6. The minimum atomic E-state index is -0.565. The Balaban J connectivity index is 1.04. The molecule has 0 amide bonds. The van der Waals surface area contributed by atoms with Crippen molar-refractivity contribution in [3.63, 3.8) is 0 Å². The highest BCUT2D eigenvalue weighted by Crippen LogP contribution is 2.64. The molecule has 0 saturated carbocycles. The summed E-state index contributed by atoms with van der Waals surface area (Å²) in [6.07, 6.45) is 0. The van der Waals surface area contributed by atoms with Crippen LogP contribution in [0.4, 0.5) is 0 Å². The molecule has 1 atom stereocenters. The second kappa shape index (κ2) is 12.0. The number of benzene rings is 10. The SMILES string of the molecule is c1ccc(C2(c3ccc(-c4ccc5c(c4)C4(c6ccccc6-c6ccccc64)c4c(ccc6ccccc46)O5)cc3)c3ccccc3-c3cc4ccccc4cc32)cc1. The van der Waals surface area contributed by atoms with E-state index in [9.17, 15) is 0 Å². The van der Waals surface area contributed by atoms with Crippen LogP contribution in [0.1, 0.15) is 44.5 Å². The van der Waals surface area contributed by atoms with E-state index in [0.717, 1.165) is 17.1 Å². The van der Waals surface area contributed by atoms with Crippen LogP contribution in [0, 0.1) is 0 Å². The van der Waals surface area contributed by atoms with Crippen LogP contribution in [0.15, 0.2) is 218 Å². The maximum absolute atomic E-state index is 6.94. The lowest BCUT2D eigenvalue weighted by molar-refractivity contribution is 0.438. The molecule has 1 heteroatoms. The van der Waals surface area contributed by atoms with Crippen LogP contribution in [-0.2, 0) is 10.8 Å². The smallest absolute Gasteiger partial charge is 0.132 e. The first-order valence-corrected chi connectivity index (χ1v) is 20.6. The van der Waals surface area contributed by atoms with E-state index in [-0.39, 0.29) is 0 Å². The van der Waals surface area contributed by atoms with Crippen molar-refractivity contribution in [2.75, 3.05) is 0 Å². The molecule has 0 saturated heterocycles. The van der Waals surface area contributed by atoms with Crippen LogP contribution < -0.4 is 4.74 Å². The van der Waals surface area contributed by atoms with Gasteiger partial charge in [-0.15, -0.1) is 0 Å². The third kappa shape index (κ3) is 4.24. The number of rotatable bonds is 3. The van der Waals surface area contributed by atoms with Crippen molar-refractivity contribution in [3.05, 3.63) is 263 Å². The first-order valence-electron chi connectivity index (χ1n) is 20.6. The minimum Gasteiger partial charge on any atom is -0.457 e. The lowest BCUT2D eigenvalue weighted by atomic mass is 9.64. The Hall–Kier alpha value is -7.48. The Kier molecular flexibility index (Phi) is 6.64. The maximum Gasteiger partial charge on any atom is 0.132 e. The summed E-state index contributed by atoms with van der Waals surface area (Å²) in [6, 6.07) is 81.0. The summed E-state index contributed by atoms with van der Waals surface area (Å²) in [5.74, 6) is 1.81. The van der Waals surface area contributed by atoms with E-state index in [1.807, 2.05) is 0 Å². The molecule has 0 aromatic heterocycles. The molecule has 1 nitrogen and oxygen atoms in total. The zero-order valence-electron chi connectivity index (χ0n) is 32.2. The quantitative estimate of drug-likeness (QED) is 0.175. The fraction of sp³-hybridized carbons (Fsp3) is 0.0345. The molecule has 0 bridgehead atoms. The standard InChI is InChI=1S/C58H36O/c1-2-17-42(18-3-1)57(49-23-11-10-22-47(49)48-34-39-15-4-5-16-40(39)35-52(48)57)43-30-26-37(27-31-43)41-29-32-54-53(36-41)58(56-44-19-7-6-14-38(44)28-33-55(56)59-54)50-24-12-8-20-45(50)46-21-9-13-25-51(46)58/h1-36H. The molecule has 0 fully saturated rings. The molecule has 2 aliphatic carbocycles. The number of fused-ring (bicyclic) bond motifs is 15. The van der Waals surface area contributed by atoms with E-state index in [4.69, 9.17) is 4.74 Å². The largest absolute Gasteiger partial charge is 0.457 e. The van der Waals surface area contributed by atoms with Gasteiger partial charge in [0, 0.05) is 11.1 Å². The van der Waals surface area contributed by atoms with Gasteiger partial charge in [0.25, 0.3) is 0 Å². The van der Waals surface area contributed by atoms with Crippen LogP contribution in [0.25, 0.3) is 54.9 Å². The third-order valence-electron chi connectivity index (χ3n) is 13.6. The van der Waals surface area contributed by atoms with Crippen LogP contribution in [-0.4, -0.2) is 0 Å². The molecule has 0 radical (unpaired) electrons. The Morgan fingerprint density at radius 2 is 0.814 bits per heavy atom. The Labute approximate surface area is 343 Å². The topological polar surface area (TPSA) is 9.23 Å². The van der Waals surface area contributed by atoms with Gasteiger partial charge in [-0.05, 0) is 119 Å². The van der Waals surface area contributed by atoms with Gasteiger partial charge in [0.05, 0.1) is 10.8 Å². The predicted molar refractivity (Wildman–Crippen MR) is 242 cm³/mol. The average Bonchev–Trinajstić information content (AvgIpc) is 3.76. The molecule has 274 valence electrons. The molecule has 1 unspecified atom stereocenters. The van der Waals surface area contributed by atoms with Crippen molar-refractivity contribution in [1.82, 2.24) is 0 Å². The summed E-state index contributed by atoms with van der Waals surface area (Å²) < 4.78 is 6.94. The zero-order valence-corrected chi connectivity index (χ0v) is 32.2. The molecule has 10 aromatic carbocycles. The van der Waals surface area contributed by atoms with Gasteiger partial charge in [-0.1, -0.05) is 188 Å². The van der Waals surface area contributed by atoms with Gasteiger partial charge in [-0.2, -0.15) is 0 Å². The van der Waals surface area contributed by atoms with Crippen LogP contribution >= 0.6 is 0 Å². The highest BCUT2D eigenvalue weighted by molar-refractivity contribution is 5.98.